The Bertz CT molecular complexity index is 729. The normalized spacial score (nSPS) is 15.8. The highest BCUT2D eigenvalue weighted by molar-refractivity contribution is 8.26. The molecule has 1 heterocycles. The molecule has 132 valence electrons. The van der Waals surface area contributed by atoms with Crippen molar-refractivity contribution < 1.29 is 24.4 Å². The summed E-state index contributed by atoms with van der Waals surface area (Å²) in [5, 5.41) is 36.9. The van der Waals surface area contributed by atoms with Gasteiger partial charge in [-0.2, -0.15) is 0 Å². The number of hydrogen-bond donors (Lipinski definition) is 6. The van der Waals surface area contributed by atoms with Crippen molar-refractivity contribution in [1.29, 1.82) is 10.8 Å². The van der Waals surface area contributed by atoms with E-state index >= 15 is 0 Å². The van der Waals surface area contributed by atoms with Crippen molar-refractivity contribution in [2.24, 2.45) is 5.73 Å². The maximum absolute atomic E-state index is 12.0. The Morgan fingerprint density at radius 3 is 2.76 bits per heavy atom. The van der Waals surface area contributed by atoms with E-state index in [1.54, 1.807) is 12.1 Å². The molecule has 0 saturated heterocycles. The summed E-state index contributed by atoms with van der Waals surface area (Å²) in [6.07, 6.45) is -0.0548. The van der Waals surface area contributed by atoms with Gasteiger partial charge in [-0.3, -0.25) is 15.6 Å². The van der Waals surface area contributed by atoms with Crippen LogP contribution in [0.2, 0.25) is 0 Å². The highest BCUT2D eigenvalue weighted by Gasteiger charge is 2.37. The lowest BCUT2D eigenvalue weighted by Crippen LogP contribution is -2.53. The van der Waals surface area contributed by atoms with E-state index in [9.17, 15) is 14.6 Å². The molecule has 1 aromatic carbocycles. The van der Waals surface area contributed by atoms with E-state index in [-0.39, 0.29) is 40.8 Å². The van der Waals surface area contributed by atoms with Crippen LogP contribution in [0.3, 0.4) is 0 Å². The van der Waals surface area contributed by atoms with E-state index in [1.165, 1.54) is 6.07 Å². The fourth-order valence-electron chi connectivity index (χ4n) is 2.35. The van der Waals surface area contributed by atoms with Crippen LogP contribution < -0.4 is 15.7 Å². The van der Waals surface area contributed by atoms with Crippen LogP contribution in [0.25, 0.3) is 0 Å². The zero-order valence-corrected chi connectivity index (χ0v) is 13.9. The molecule has 11 heteroatoms. The number of carboxylic acids is 1. The molecule has 0 radical (unpaired) electrons. The number of benzene rings is 1. The summed E-state index contributed by atoms with van der Waals surface area (Å²) in [5.74, 6) is -2.35. The van der Waals surface area contributed by atoms with Crippen molar-refractivity contribution in [3.63, 3.8) is 0 Å². The second kappa shape index (κ2) is 8.14. The molecule has 1 amide bonds. The number of nitrogens with one attached hydrogen (secondary N) is 3. The zero-order chi connectivity index (χ0) is 18.6. The van der Waals surface area contributed by atoms with Gasteiger partial charge in [0.25, 0.3) is 0 Å². The second-order valence-corrected chi connectivity index (χ2v) is 6.50. The molecule has 1 aliphatic heterocycles. The summed E-state index contributed by atoms with van der Waals surface area (Å²) in [4.78, 5) is 23.2. The largest absolute Gasteiger partial charge is 0.547 e. The Hall–Kier alpha value is -2.37. The summed E-state index contributed by atoms with van der Waals surface area (Å²) in [5.41, 5.74) is 5.77. The first-order valence-electron chi connectivity index (χ1n) is 7.33. The van der Waals surface area contributed by atoms with Crippen LogP contribution in [0.1, 0.15) is 22.3 Å². The monoisotopic (exact) mass is 364 g/mol. The third-order valence-electron chi connectivity index (χ3n) is 3.45. The maximum Gasteiger partial charge on any atom is 0.547 e. The molecule has 0 aromatic heterocycles. The van der Waals surface area contributed by atoms with Crippen molar-refractivity contribution in [2.45, 2.75) is 18.8 Å². The minimum Gasteiger partial charge on any atom is -0.534 e. The van der Waals surface area contributed by atoms with E-state index in [2.05, 4.69) is 5.32 Å². The summed E-state index contributed by atoms with van der Waals surface area (Å²) in [6, 6.07) is 4.60. The van der Waals surface area contributed by atoms with E-state index in [0.29, 0.717) is 5.56 Å². The molecule has 1 aliphatic rings. The number of carbonyl (C=O) groups excluding carboxylic acids is 1. The third kappa shape index (κ3) is 4.81. The first-order chi connectivity index (χ1) is 11.8. The van der Waals surface area contributed by atoms with Gasteiger partial charge in [-0.1, -0.05) is 23.9 Å². The van der Waals surface area contributed by atoms with E-state index < -0.39 is 24.9 Å². The van der Waals surface area contributed by atoms with Crippen LogP contribution in [-0.2, 0) is 11.2 Å². The number of aromatic carboxylic acids is 1. The predicted octanol–water partition coefficient (Wildman–Crippen LogP) is -0.139. The lowest BCUT2D eigenvalue weighted by atomic mass is 9.72. The fraction of sp³-hybridized carbons (Fsp3) is 0.286. The number of carbonyl (C=O) groups is 2. The standard InChI is InChI=1S/C14H17BN4O5S/c16-6-11(18)25-10(17)5-12(20)19-9-4-7-2-1-3-8(14(21)22)13(7)24-15(9)23/h1-3,9,17-18,23H,4-6,16H2,(H,19,20)(H,21,22). The van der Waals surface area contributed by atoms with Crippen LogP contribution in [-0.4, -0.2) is 51.7 Å². The molecule has 1 atom stereocenters. The van der Waals surface area contributed by atoms with E-state index in [4.69, 9.17) is 26.3 Å². The van der Waals surface area contributed by atoms with Crippen molar-refractivity contribution in [3.05, 3.63) is 29.3 Å². The summed E-state index contributed by atoms with van der Waals surface area (Å²) in [6.45, 7) is -0.00740. The van der Waals surface area contributed by atoms with Crippen molar-refractivity contribution in [1.82, 2.24) is 5.32 Å². The minimum absolute atomic E-state index is 0.00740. The molecule has 1 unspecified atom stereocenters. The Morgan fingerprint density at radius 1 is 1.40 bits per heavy atom. The zero-order valence-electron chi connectivity index (χ0n) is 13.1. The van der Waals surface area contributed by atoms with Gasteiger partial charge in [-0.15, -0.1) is 0 Å². The number of nitrogens with two attached hydrogens (primary N) is 1. The molecule has 9 nitrogen and oxygen atoms in total. The van der Waals surface area contributed by atoms with Crippen LogP contribution in [0.5, 0.6) is 5.75 Å². The smallest absolute Gasteiger partial charge is 0.534 e. The Morgan fingerprint density at radius 2 is 2.12 bits per heavy atom. The number of thioether (sulfide) groups is 1. The predicted molar refractivity (Wildman–Crippen MR) is 94.4 cm³/mol. The van der Waals surface area contributed by atoms with Gasteiger partial charge >= 0.3 is 13.1 Å². The van der Waals surface area contributed by atoms with Gasteiger partial charge in [0.2, 0.25) is 5.91 Å². The lowest BCUT2D eigenvalue weighted by molar-refractivity contribution is -0.120. The number of para-hydroxylation sites is 1. The molecule has 0 aliphatic carbocycles. The molecule has 2 rings (SSSR count). The maximum atomic E-state index is 12.0. The Labute approximate surface area is 148 Å². The van der Waals surface area contributed by atoms with E-state index in [0.717, 1.165) is 11.8 Å². The number of amides is 1. The van der Waals surface area contributed by atoms with Gasteiger partial charge in [0.1, 0.15) is 5.75 Å². The average Bonchev–Trinajstić information content (AvgIpc) is 2.54. The summed E-state index contributed by atoms with van der Waals surface area (Å²) < 4.78 is 5.28. The molecule has 1 aromatic rings. The highest BCUT2D eigenvalue weighted by Crippen LogP contribution is 2.30. The average molecular weight is 364 g/mol. The SMILES string of the molecule is N=C(CN)SC(=N)CC(=O)NC1Cc2cccc(C(=O)O)c2OB1O. The Kier molecular flexibility index (Phi) is 6.18. The molecule has 0 spiro atoms. The van der Waals surface area contributed by atoms with E-state index in [1.807, 2.05) is 0 Å². The first-order valence-corrected chi connectivity index (χ1v) is 8.15. The number of fused-ring (bicyclic) bond motifs is 1. The molecular weight excluding hydrogens is 347 g/mol. The van der Waals surface area contributed by atoms with Gasteiger partial charge in [0.05, 0.1) is 28.0 Å². The van der Waals surface area contributed by atoms with Crippen molar-refractivity contribution >= 4 is 40.8 Å². The minimum atomic E-state index is -1.40. The molecule has 0 fully saturated rings. The molecule has 0 bridgehead atoms. The van der Waals surface area contributed by atoms with Gasteiger partial charge in [-0.05, 0) is 18.1 Å². The molecule has 0 saturated carbocycles. The molecular formula is C14H17BN4O5S. The lowest BCUT2D eigenvalue weighted by Gasteiger charge is -2.28. The van der Waals surface area contributed by atoms with Crippen molar-refractivity contribution in [3.8, 4) is 5.75 Å². The fourth-order valence-corrected chi connectivity index (χ4v) is 2.93. The second-order valence-electron chi connectivity index (χ2n) is 5.31. The topological polar surface area (TPSA) is 170 Å². The number of hydrogen-bond acceptors (Lipinski definition) is 8. The van der Waals surface area contributed by atoms with Crippen LogP contribution in [0.4, 0.5) is 0 Å². The first kappa shape index (κ1) is 19.0. The van der Waals surface area contributed by atoms with Gasteiger partial charge in [0, 0.05) is 6.54 Å². The number of rotatable bonds is 5. The van der Waals surface area contributed by atoms with Crippen LogP contribution in [0, 0.1) is 10.8 Å². The molecule has 7 N–H and O–H groups in total. The van der Waals surface area contributed by atoms with Crippen molar-refractivity contribution in [2.75, 3.05) is 6.54 Å². The van der Waals surface area contributed by atoms with Gasteiger partial charge in [-0.25, -0.2) is 4.79 Å². The third-order valence-corrected chi connectivity index (χ3v) is 4.25. The summed E-state index contributed by atoms with van der Waals surface area (Å²) in [7, 11) is -1.40. The van der Waals surface area contributed by atoms with Gasteiger partial charge < -0.3 is 25.8 Å². The highest BCUT2D eigenvalue weighted by atomic mass is 32.2. The quantitative estimate of drug-likeness (QED) is 0.240. The summed E-state index contributed by atoms with van der Waals surface area (Å²) >= 11 is 0.806. The number of carboxylic acid groups (broad SMARTS) is 1. The Balaban J connectivity index is 2.01. The van der Waals surface area contributed by atoms with Gasteiger partial charge in [0.15, 0.2) is 0 Å². The van der Waals surface area contributed by atoms with Crippen LogP contribution >= 0.6 is 11.8 Å². The van der Waals surface area contributed by atoms with Crippen LogP contribution in [0.15, 0.2) is 18.2 Å². The molecule has 25 heavy (non-hydrogen) atoms.